The zero-order valence-electron chi connectivity index (χ0n) is 9.03. The van der Waals surface area contributed by atoms with Crippen LogP contribution in [-0.4, -0.2) is 26.0 Å². The van der Waals surface area contributed by atoms with Crippen molar-refractivity contribution in [2.45, 2.75) is 11.3 Å². The summed E-state index contributed by atoms with van der Waals surface area (Å²) in [6, 6.07) is 8.31. The van der Waals surface area contributed by atoms with Crippen molar-refractivity contribution in [3.05, 3.63) is 24.3 Å². The van der Waals surface area contributed by atoms with Crippen LogP contribution in [0.3, 0.4) is 0 Å². The monoisotopic (exact) mass is 223 g/mol. The summed E-state index contributed by atoms with van der Waals surface area (Å²) in [7, 11) is 0. The van der Waals surface area contributed by atoms with E-state index in [2.05, 4.69) is 23.7 Å². The van der Waals surface area contributed by atoms with Gasteiger partial charge in [-0.2, -0.15) is 0 Å². The van der Waals surface area contributed by atoms with E-state index in [1.54, 1.807) is 11.8 Å². The second kappa shape index (κ2) is 5.42. The van der Waals surface area contributed by atoms with Gasteiger partial charge in [0.25, 0.3) is 0 Å². The molecule has 2 rings (SSSR count). The summed E-state index contributed by atoms with van der Waals surface area (Å²) in [6.07, 6.45) is 3.32. The maximum absolute atomic E-state index is 5.74. The van der Waals surface area contributed by atoms with Gasteiger partial charge in [-0.25, -0.2) is 0 Å². The van der Waals surface area contributed by atoms with Crippen molar-refractivity contribution in [1.82, 2.24) is 5.32 Å². The minimum absolute atomic E-state index is 0.685. The first kappa shape index (κ1) is 10.8. The summed E-state index contributed by atoms with van der Waals surface area (Å²) < 4.78 is 5.74. The molecule has 0 amide bonds. The predicted octanol–water partition coefficient (Wildman–Crippen LogP) is 2.40. The van der Waals surface area contributed by atoms with Crippen LogP contribution in [-0.2, 0) is 0 Å². The fraction of sp³-hybridized carbons (Fsp3) is 0.500. The molecule has 1 heterocycles. The van der Waals surface area contributed by atoms with Gasteiger partial charge in [0.1, 0.15) is 5.75 Å². The number of rotatable bonds is 4. The lowest BCUT2D eigenvalue weighted by Gasteiger charge is -2.10. The van der Waals surface area contributed by atoms with E-state index in [4.69, 9.17) is 4.74 Å². The van der Waals surface area contributed by atoms with Crippen LogP contribution in [0.2, 0.25) is 0 Å². The average molecular weight is 223 g/mol. The molecule has 1 saturated heterocycles. The lowest BCUT2D eigenvalue weighted by Crippen LogP contribution is -2.15. The second-order valence-electron chi connectivity index (χ2n) is 3.85. The Bertz CT molecular complexity index is 293. The van der Waals surface area contributed by atoms with Crippen LogP contribution in [0.25, 0.3) is 0 Å². The number of hydrogen-bond acceptors (Lipinski definition) is 3. The van der Waals surface area contributed by atoms with Crippen LogP contribution in [0, 0.1) is 5.92 Å². The molecule has 15 heavy (non-hydrogen) atoms. The summed E-state index contributed by atoms with van der Waals surface area (Å²) in [5.41, 5.74) is 0. The zero-order chi connectivity index (χ0) is 10.5. The SMILES string of the molecule is CSc1ccc(OCC2CCNC2)cc1. The van der Waals surface area contributed by atoms with Gasteiger partial charge < -0.3 is 10.1 Å². The van der Waals surface area contributed by atoms with Crippen LogP contribution in [0.4, 0.5) is 0 Å². The molecule has 0 bridgehead atoms. The molecule has 0 radical (unpaired) electrons. The summed E-state index contributed by atoms with van der Waals surface area (Å²) in [4.78, 5) is 1.28. The van der Waals surface area contributed by atoms with E-state index >= 15 is 0 Å². The highest BCUT2D eigenvalue weighted by Gasteiger charge is 2.14. The maximum Gasteiger partial charge on any atom is 0.119 e. The Hall–Kier alpha value is -0.670. The fourth-order valence-electron chi connectivity index (χ4n) is 1.74. The Morgan fingerprint density at radius 3 is 2.80 bits per heavy atom. The van der Waals surface area contributed by atoms with Crippen molar-refractivity contribution in [3.63, 3.8) is 0 Å². The molecule has 0 aromatic heterocycles. The molecule has 0 aliphatic carbocycles. The number of thioether (sulfide) groups is 1. The Morgan fingerprint density at radius 2 is 2.20 bits per heavy atom. The Morgan fingerprint density at radius 1 is 1.40 bits per heavy atom. The Balaban J connectivity index is 1.82. The van der Waals surface area contributed by atoms with Gasteiger partial charge in [0, 0.05) is 17.4 Å². The molecule has 3 heteroatoms. The van der Waals surface area contributed by atoms with Gasteiger partial charge >= 0.3 is 0 Å². The molecular weight excluding hydrogens is 206 g/mol. The number of benzene rings is 1. The lowest BCUT2D eigenvalue weighted by molar-refractivity contribution is 0.260. The second-order valence-corrected chi connectivity index (χ2v) is 4.73. The first-order chi connectivity index (χ1) is 7.38. The van der Waals surface area contributed by atoms with Gasteiger partial charge in [-0.15, -0.1) is 11.8 Å². The van der Waals surface area contributed by atoms with Gasteiger partial charge in [-0.05, 0) is 43.5 Å². The van der Waals surface area contributed by atoms with Crippen LogP contribution >= 0.6 is 11.8 Å². The van der Waals surface area contributed by atoms with Gasteiger partial charge in [0.05, 0.1) is 6.61 Å². The zero-order valence-corrected chi connectivity index (χ0v) is 9.85. The van der Waals surface area contributed by atoms with E-state index in [9.17, 15) is 0 Å². The van der Waals surface area contributed by atoms with E-state index in [0.29, 0.717) is 5.92 Å². The molecule has 1 N–H and O–H groups in total. The maximum atomic E-state index is 5.74. The van der Waals surface area contributed by atoms with Crippen molar-refractivity contribution >= 4 is 11.8 Å². The smallest absolute Gasteiger partial charge is 0.119 e. The molecule has 1 aliphatic heterocycles. The molecule has 1 atom stereocenters. The summed E-state index contributed by atoms with van der Waals surface area (Å²) >= 11 is 1.76. The number of nitrogens with one attached hydrogen (secondary N) is 1. The van der Waals surface area contributed by atoms with Gasteiger partial charge in [0.2, 0.25) is 0 Å². The minimum Gasteiger partial charge on any atom is -0.493 e. The molecule has 82 valence electrons. The molecule has 1 aromatic rings. The highest BCUT2D eigenvalue weighted by Crippen LogP contribution is 2.20. The van der Waals surface area contributed by atoms with Crippen LogP contribution in [0.1, 0.15) is 6.42 Å². The van der Waals surface area contributed by atoms with Crippen molar-refractivity contribution in [1.29, 1.82) is 0 Å². The third kappa shape index (κ3) is 3.14. The lowest BCUT2D eigenvalue weighted by atomic mass is 10.1. The minimum atomic E-state index is 0.685. The van der Waals surface area contributed by atoms with Crippen LogP contribution in [0.5, 0.6) is 5.75 Å². The van der Waals surface area contributed by atoms with E-state index in [1.165, 1.54) is 11.3 Å². The summed E-state index contributed by atoms with van der Waals surface area (Å²) in [6.45, 7) is 3.08. The Kier molecular flexibility index (Phi) is 3.92. The third-order valence-electron chi connectivity index (χ3n) is 2.71. The van der Waals surface area contributed by atoms with Gasteiger partial charge in [0.15, 0.2) is 0 Å². The molecule has 2 nitrogen and oxygen atoms in total. The molecule has 1 unspecified atom stereocenters. The van der Waals surface area contributed by atoms with E-state index < -0.39 is 0 Å². The third-order valence-corrected chi connectivity index (χ3v) is 3.45. The quantitative estimate of drug-likeness (QED) is 0.792. The van der Waals surface area contributed by atoms with Crippen molar-refractivity contribution < 1.29 is 4.74 Å². The number of hydrogen-bond donors (Lipinski definition) is 1. The van der Waals surface area contributed by atoms with E-state index in [-0.39, 0.29) is 0 Å². The Labute approximate surface area is 95.4 Å². The molecule has 1 fully saturated rings. The first-order valence-electron chi connectivity index (χ1n) is 5.36. The van der Waals surface area contributed by atoms with E-state index in [1.807, 2.05) is 12.1 Å². The van der Waals surface area contributed by atoms with Gasteiger partial charge in [-0.1, -0.05) is 0 Å². The largest absolute Gasteiger partial charge is 0.493 e. The molecular formula is C12H17NOS. The highest BCUT2D eigenvalue weighted by molar-refractivity contribution is 7.98. The number of ether oxygens (including phenoxy) is 1. The van der Waals surface area contributed by atoms with E-state index in [0.717, 1.165) is 25.4 Å². The van der Waals surface area contributed by atoms with Crippen LogP contribution in [0.15, 0.2) is 29.2 Å². The van der Waals surface area contributed by atoms with Crippen molar-refractivity contribution in [2.24, 2.45) is 5.92 Å². The average Bonchev–Trinajstić information content (AvgIpc) is 2.80. The summed E-state index contributed by atoms with van der Waals surface area (Å²) in [5, 5.41) is 3.34. The highest BCUT2D eigenvalue weighted by atomic mass is 32.2. The molecule has 0 spiro atoms. The van der Waals surface area contributed by atoms with Crippen molar-refractivity contribution in [2.75, 3.05) is 26.0 Å². The molecule has 1 aromatic carbocycles. The molecule has 1 aliphatic rings. The standard InChI is InChI=1S/C12H17NOS/c1-15-12-4-2-11(3-5-12)14-9-10-6-7-13-8-10/h2-5,10,13H,6-9H2,1H3. The molecule has 0 saturated carbocycles. The normalized spacial score (nSPS) is 20.5. The summed E-state index contributed by atoms with van der Waals surface area (Å²) in [5.74, 6) is 1.67. The first-order valence-corrected chi connectivity index (χ1v) is 6.58. The fourth-order valence-corrected chi connectivity index (χ4v) is 2.15. The topological polar surface area (TPSA) is 21.3 Å². The van der Waals surface area contributed by atoms with Crippen molar-refractivity contribution in [3.8, 4) is 5.75 Å². The van der Waals surface area contributed by atoms with Crippen LogP contribution < -0.4 is 10.1 Å². The predicted molar refractivity (Wildman–Crippen MR) is 64.7 cm³/mol. The van der Waals surface area contributed by atoms with Gasteiger partial charge in [-0.3, -0.25) is 0 Å².